The van der Waals surface area contributed by atoms with Crippen molar-refractivity contribution in [3.63, 3.8) is 0 Å². The molecule has 2 heterocycles. The summed E-state index contributed by atoms with van der Waals surface area (Å²) in [7, 11) is 0. The van der Waals surface area contributed by atoms with Crippen molar-refractivity contribution in [2.24, 2.45) is 5.92 Å². The van der Waals surface area contributed by atoms with Crippen molar-refractivity contribution in [2.75, 3.05) is 11.1 Å². The van der Waals surface area contributed by atoms with Gasteiger partial charge in [0.05, 0.1) is 45.2 Å². The molecule has 0 bridgehead atoms. The number of anilines is 2. The second kappa shape index (κ2) is 14.0. The molecule has 2 unspecified atom stereocenters. The first-order chi connectivity index (χ1) is 30.1. The van der Waals surface area contributed by atoms with Crippen LogP contribution in [0.5, 0.6) is 0 Å². The molecule has 0 saturated heterocycles. The summed E-state index contributed by atoms with van der Waals surface area (Å²) in [5, 5.41) is 16.5. The molecule has 0 radical (unpaired) electrons. The maximum Gasteiger partial charge on any atom is 0.0578 e. The van der Waals surface area contributed by atoms with E-state index in [1.807, 2.05) is 12.1 Å². The van der Waals surface area contributed by atoms with Crippen molar-refractivity contribution < 1.29 is 0 Å². The van der Waals surface area contributed by atoms with Crippen LogP contribution in [-0.4, -0.2) is 9.13 Å². The third kappa shape index (κ3) is 5.67. The molecule has 4 heteroatoms. The third-order valence-corrected chi connectivity index (χ3v) is 13.1. The molecule has 1 aliphatic carbocycles. The third-order valence-electron chi connectivity index (χ3n) is 13.1. The van der Waals surface area contributed by atoms with Gasteiger partial charge in [0.15, 0.2) is 0 Å². The summed E-state index contributed by atoms with van der Waals surface area (Å²) in [4.78, 5) is 0. The van der Waals surface area contributed by atoms with Gasteiger partial charge in [0, 0.05) is 32.6 Å². The van der Waals surface area contributed by atoms with Gasteiger partial charge in [0.1, 0.15) is 0 Å². The van der Waals surface area contributed by atoms with Crippen LogP contribution >= 0.6 is 0 Å². The summed E-state index contributed by atoms with van der Waals surface area (Å²) in [5.74, 6) is 0.497. The Hall–Kier alpha value is -7.56. The van der Waals surface area contributed by atoms with Crippen LogP contribution in [0.2, 0.25) is 0 Å². The largest absolute Gasteiger partial charge is 0.397 e. The van der Waals surface area contributed by atoms with E-state index >= 15 is 0 Å². The zero-order valence-corrected chi connectivity index (χ0v) is 34.0. The molecule has 9 aromatic carbocycles. The minimum atomic E-state index is -0.0646. The van der Waals surface area contributed by atoms with Gasteiger partial charge in [-0.15, -0.1) is 0 Å². The number of nitrogens with one attached hydrogen (secondary N) is 1. The molecule has 0 amide bonds. The predicted octanol–water partition coefficient (Wildman–Crippen LogP) is 14.8. The highest BCUT2D eigenvalue weighted by atomic mass is 15.0. The Labute approximate surface area is 354 Å². The monoisotopic (exact) mass is 784 g/mol. The Morgan fingerprint density at radius 1 is 0.557 bits per heavy atom. The van der Waals surface area contributed by atoms with E-state index in [1.165, 1.54) is 98.4 Å². The lowest BCUT2D eigenvalue weighted by Crippen LogP contribution is -2.15. The molecular formula is C57H44N4. The first-order valence-electron chi connectivity index (χ1n) is 21.5. The standard InChI is InChI=1S/C57H44N4/c1-36-13-12-16-41(33-36)60-51-24-11-8-21-46(51)47-34-40(28-30-53(47)60)50(59-49-23-10-9-22-48(49)58)35-39-27-29-52(45-20-7-6-17-42(39)45)61-54-31-25-37-14-2-4-18-43(37)56(54)57-44-19-5-3-15-38(44)26-32-55(57)61/h2-12,14-34,36,50,59H,13,35,58H2,1H3. The van der Waals surface area contributed by atoms with E-state index in [4.69, 9.17) is 5.73 Å². The zero-order chi connectivity index (χ0) is 40.6. The number of allylic oxidation sites excluding steroid dienone is 4. The van der Waals surface area contributed by atoms with E-state index in [9.17, 15) is 0 Å². The average molecular weight is 785 g/mol. The molecule has 0 fully saturated rings. The van der Waals surface area contributed by atoms with E-state index in [1.54, 1.807) is 0 Å². The number of hydrogen-bond acceptors (Lipinski definition) is 2. The summed E-state index contributed by atoms with van der Waals surface area (Å²) in [5.41, 5.74) is 18.1. The fraction of sp³-hybridized carbons (Fsp3) is 0.0877. The molecule has 0 aliphatic heterocycles. The molecule has 292 valence electrons. The highest BCUT2D eigenvalue weighted by Gasteiger charge is 2.23. The fourth-order valence-electron chi connectivity index (χ4n) is 10.3. The molecule has 12 rings (SSSR count). The van der Waals surface area contributed by atoms with Crippen LogP contribution in [0.15, 0.2) is 194 Å². The number of nitrogens with zero attached hydrogens (tertiary/aromatic N) is 2. The molecule has 61 heavy (non-hydrogen) atoms. The van der Waals surface area contributed by atoms with Crippen LogP contribution < -0.4 is 11.1 Å². The molecular weight excluding hydrogens is 741 g/mol. The second-order valence-corrected chi connectivity index (χ2v) is 16.8. The maximum absolute atomic E-state index is 6.65. The highest BCUT2D eigenvalue weighted by molar-refractivity contribution is 6.28. The molecule has 2 aromatic heterocycles. The quantitative estimate of drug-likeness (QED) is 0.158. The van der Waals surface area contributed by atoms with Gasteiger partial charge in [-0.05, 0) is 111 Å². The lowest BCUT2D eigenvalue weighted by atomic mass is 9.93. The summed E-state index contributed by atoms with van der Waals surface area (Å²) in [6.07, 6.45) is 8.82. The number of hydrogen-bond donors (Lipinski definition) is 2. The van der Waals surface area contributed by atoms with Crippen molar-refractivity contribution in [1.82, 2.24) is 9.13 Å². The summed E-state index contributed by atoms with van der Waals surface area (Å²) in [6, 6.07) is 64.3. The Morgan fingerprint density at radius 2 is 1.16 bits per heavy atom. The molecule has 11 aromatic rings. The number of benzene rings is 9. The Morgan fingerprint density at radius 3 is 1.89 bits per heavy atom. The Kier molecular flexibility index (Phi) is 8.14. The molecule has 4 nitrogen and oxygen atoms in total. The Bertz CT molecular complexity index is 3520. The van der Waals surface area contributed by atoms with Crippen molar-refractivity contribution in [1.29, 1.82) is 0 Å². The molecule has 0 spiro atoms. The highest BCUT2D eigenvalue weighted by Crippen LogP contribution is 2.43. The molecule has 0 saturated carbocycles. The fourth-order valence-corrected chi connectivity index (χ4v) is 10.3. The topological polar surface area (TPSA) is 47.9 Å². The van der Waals surface area contributed by atoms with Gasteiger partial charge >= 0.3 is 0 Å². The SMILES string of the molecule is CC1C=C(n2c3ccccc3c3cc(C(Cc4ccc(-n5c6ccc7ccccc7c6c6c7ccccc7ccc65)c5ccccc45)Nc4ccccc4N)ccc32)C=CC1. The zero-order valence-electron chi connectivity index (χ0n) is 34.0. The van der Waals surface area contributed by atoms with E-state index < -0.39 is 0 Å². The number of rotatable bonds is 7. The van der Waals surface area contributed by atoms with Gasteiger partial charge in [-0.1, -0.05) is 146 Å². The summed E-state index contributed by atoms with van der Waals surface area (Å²) < 4.78 is 4.93. The average Bonchev–Trinajstić information content (AvgIpc) is 3.83. The van der Waals surface area contributed by atoms with Crippen LogP contribution in [0.25, 0.3) is 87.3 Å². The van der Waals surface area contributed by atoms with Gasteiger partial charge in [-0.25, -0.2) is 0 Å². The van der Waals surface area contributed by atoms with Crippen molar-refractivity contribution in [3.05, 3.63) is 205 Å². The number of aromatic nitrogens is 2. The van der Waals surface area contributed by atoms with Gasteiger partial charge in [-0.3, -0.25) is 0 Å². The first kappa shape index (κ1) is 35.4. The first-order valence-corrected chi connectivity index (χ1v) is 21.5. The van der Waals surface area contributed by atoms with Gasteiger partial charge in [0.2, 0.25) is 0 Å². The van der Waals surface area contributed by atoms with E-state index in [0.717, 1.165) is 24.2 Å². The van der Waals surface area contributed by atoms with Crippen LogP contribution in [0.4, 0.5) is 11.4 Å². The van der Waals surface area contributed by atoms with Gasteiger partial charge in [-0.2, -0.15) is 0 Å². The van der Waals surface area contributed by atoms with Crippen LogP contribution in [0, 0.1) is 5.92 Å². The lowest BCUT2D eigenvalue weighted by Gasteiger charge is -2.24. The summed E-state index contributed by atoms with van der Waals surface area (Å²) in [6.45, 7) is 2.30. The van der Waals surface area contributed by atoms with Gasteiger partial charge in [0.25, 0.3) is 0 Å². The van der Waals surface area contributed by atoms with E-state index in [-0.39, 0.29) is 6.04 Å². The minimum absolute atomic E-state index is 0.0646. The van der Waals surface area contributed by atoms with Crippen LogP contribution in [0.1, 0.15) is 30.5 Å². The summed E-state index contributed by atoms with van der Waals surface area (Å²) >= 11 is 0. The van der Waals surface area contributed by atoms with E-state index in [2.05, 4.69) is 203 Å². The smallest absolute Gasteiger partial charge is 0.0578 e. The molecule has 1 aliphatic rings. The van der Waals surface area contributed by atoms with Crippen LogP contribution in [-0.2, 0) is 6.42 Å². The van der Waals surface area contributed by atoms with Crippen LogP contribution in [0.3, 0.4) is 0 Å². The van der Waals surface area contributed by atoms with Crippen molar-refractivity contribution >= 4 is 93.0 Å². The molecule has 3 N–H and O–H groups in total. The minimum Gasteiger partial charge on any atom is -0.397 e. The number of para-hydroxylation sites is 3. The Balaban J connectivity index is 1.04. The van der Waals surface area contributed by atoms with E-state index in [0.29, 0.717) is 5.92 Å². The number of nitrogen functional groups attached to an aromatic ring is 1. The predicted molar refractivity (Wildman–Crippen MR) is 261 cm³/mol. The number of fused-ring (bicyclic) bond motifs is 11. The number of nitrogens with two attached hydrogens (primary N) is 1. The van der Waals surface area contributed by atoms with Crippen molar-refractivity contribution in [3.8, 4) is 5.69 Å². The normalized spacial score (nSPS) is 14.8. The van der Waals surface area contributed by atoms with Crippen molar-refractivity contribution in [2.45, 2.75) is 25.8 Å². The molecule has 2 atom stereocenters. The lowest BCUT2D eigenvalue weighted by molar-refractivity contribution is 0.735. The maximum atomic E-state index is 6.65. The van der Waals surface area contributed by atoms with Gasteiger partial charge < -0.3 is 20.2 Å². The second-order valence-electron chi connectivity index (χ2n) is 16.8.